The molecule has 0 spiro atoms. The van der Waals surface area contributed by atoms with Crippen molar-refractivity contribution in [3.05, 3.63) is 34.9 Å². The number of fused-ring (bicyclic) bond motifs is 2. The van der Waals surface area contributed by atoms with E-state index in [4.69, 9.17) is 9.47 Å². The Morgan fingerprint density at radius 1 is 1.15 bits per heavy atom. The Morgan fingerprint density at radius 3 is 2.50 bits per heavy atom. The average Bonchev–Trinajstić information content (AvgIpc) is 3.34. The van der Waals surface area contributed by atoms with Gasteiger partial charge in [0.1, 0.15) is 6.10 Å². The monoisotopic (exact) mass is 472 g/mol. The maximum absolute atomic E-state index is 12.2. The molecule has 0 aromatic carbocycles. The predicted molar refractivity (Wildman–Crippen MR) is 129 cm³/mol. The molecule has 4 aliphatic rings. The number of allylic oxidation sites excluding steroid dienone is 2. The van der Waals surface area contributed by atoms with Crippen molar-refractivity contribution in [2.24, 2.45) is 35.0 Å². The molecular formula is C28H40O6. The van der Waals surface area contributed by atoms with Gasteiger partial charge >= 0.3 is 11.9 Å². The summed E-state index contributed by atoms with van der Waals surface area (Å²) < 4.78 is 12.4. The van der Waals surface area contributed by atoms with Gasteiger partial charge in [-0.25, -0.2) is 9.59 Å². The van der Waals surface area contributed by atoms with Crippen LogP contribution in [0.5, 0.6) is 0 Å². The summed E-state index contributed by atoms with van der Waals surface area (Å²) in [5.74, 6) is -1.18. The summed E-state index contributed by atoms with van der Waals surface area (Å²) in [6, 6.07) is 0. The van der Waals surface area contributed by atoms with Crippen LogP contribution in [0, 0.1) is 35.0 Å². The second-order valence-corrected chi connectivity index (χ2v) is 11.9. The Bertz CT molecular complexity index is 943. The summed E-state index contributed by atoms with van der Waals surface area (Å²) >= 11 is 0. The van der Waals surface area contributed by atoms with Crippen molar-refractivity contribution < 1.29 is 29.3 Å². The van der Waals surface area contributed by atoms with E-state index in [0.29, 0.717) is 17.4 Å². The van der Waals surface area contributed by atoms with Gasteiger partial charge in [0.05, 0.1) is 6.10 Å². The molecule has 4 rings (SSSR count). The molecule has 0 radical (unpaired) electrons. The van der Waals surface area contributed by atoms with E-state index in [9.17, 15) is 19.8 Å². The minimum Gasteiger partial charge on any atom is -0.478 e. The van der Waals surface area contributed by atoms with Crippen molar-refractivity contribution in [2.75, 3.05) is 0 Å². The third kappa shape index (κ3) is 4.51. The first kappa shape index (κ1) is 25.2. The Balaban J connectivity index is 1.65. The highest BCUT2D eigenvalue weighted by Gasteiger charge is 2.51. The maximum Gasteiger partial charge on any atom is 0.331 e. The minimum absolute atomic E-state index is 0.0225. The van der Waals surface area contributed by atoms with Crippen LogP contribution in [0.15, 0.2) is 34.9 Å². The zero-order chi connectivity index (χ0) is 25.0. The molecule has 6 nitrogen and oxygen atoms in total. The number of aliphatic carboxylic acids is 2. The fraction of sp³-hybridized carbons (Fsp3) is 0.714. The highest BCUT2D eigenvalue weighted by molar-refractivity contribution is 5.87. The Morgan fingerprint density at radius 2 is 1.85 bits per heavy atom. The van der Waals surface area contributed by atoms with E-state index < -0.39 is 23.8 Å². The molecule has 0 bridgehead atoms. The molecule has 1 saturated heterocycles. The van der Waals surface area contributed by atoms with E-state index in [1.807, 2.05) is 19.9 Å². The van der Waals surface area contributed by atoms with Gasteiger partial charge in [0.2, 0.25) is 0 Å². The minimum atomic E-state index is -0.959. The molecule has 1 heterocycles. The first-order valence-electron chi connectivity index (χ1n) is 12.7. The normalized spacial score (nSPS) is 42.0. The van der Waals surface area contributed by atoms with Gasteiger partial charge in [0.15, 0.2) is 5.79 Å². The fourth-order valence-corrected chi connectivity index (χ4v) is 7.20. The fourth-order valence-electron chi connectivity index (χ4n) is 7.20. The van der Waals surface area contributed by atoms with E-state index in [1.54, 1.807) is 13.0 Å². The number of rotatable bonds is 5. The van der Waals surface area contributed by atoms with Crippen LogP contribution in [-0.2, 0) is 19.1 Å². The van der Waals surface area contributed by atoms with Gasteiger partial charge in [-0.1, -0.05) is 38.5 Å². The number of carboxylic acids is 2. The average molecular weight is 473 g/mol. The van der Waals surface area contributed by atoms with Crippen molar-refractivity contribution >= 4 is 11.9 Å². The van der Waals surface area contributed by atoms with Gasteiger partial charge < -0.3 is 19.7 Å². The topological polar surface area (TPSA) is 93.1 Å². The second-order valence-electron chi connectivity index (χ2n) is 11.9. The van der Waals surface area contributed by atoms with Crippen molar-refractivity contribution in [3.63, 3.8) is 0 Å². The summed E-state index contributed by atoms with van der Waals surface area (Å²) in [5, 5.41) is 19.4. The van der Waals surface area contributed by atoms with E-state index in [0.717, 1.165) is 32.1 Å². The highest BCUT2D eigenvalue weighted by Crippen LogP contribution is 2.58. The zero-order valence-corrected chi connectivity index (χ0v) is 21.3. The van der Waals surface area contributed by atoms with Gasteiger partial charge in [-0.2, -0.15) is 0 Å². The molecular weight excluding hydrogens is 432 g/mol. The Labute approximate surface area is 203 Å². The third-order valence-corrected chi connectivity index (χ3v) is 9.08. The van der Waals surface area contributed by atoms with Crippen LogP contribution >= 0.6 is 0 Å². The molecule has 188 valence electrons. The largest absolute Gasteiger partial charge is 0.478 e. The quantitative estimate of drug-likeness (QED) is 0.400. The molecule has 0 aromatic heterocycles. The lowest BCUT2D eigenvalue weighted by Crippen LogP contribution is -2.37. The summed E-state index contributed by atoms with van der Waals surface area (Å²) in [4.78, 5) is 23.6. The predicted octanol–water partition coefficient (Wildman–Crippen LogP) is 5.59. The van der Waals surface area contributed by atoms with E-state index in [-0.39, 0.29) is 34.8 Å². The first-order valence-corrected chi connectivity index (χ1v) is 12.7. The molecule has 0 unspecified atom stereocenters. The number of carboxylic acid groups (broad SMARTS) is 2. The van der Waals surface area contributed by atoms with Crippen molar-refractivity contribution in [2.45, 2.75) is 91.6 Å². The van der Waals surface area contributed by atoms with Crippen LogP contribution in [0.25, 0.3) is 0 Å². The van der Waals surface area contributed by atoms with Crippen LogP contribution in [0.4, 0.5) is 0 Å². The molecule has 2 N–H and O–H groups in total. The number of hydrogen-bond donors (Lipinski definition) is 2. The van der Waals surface area contributed by atoms with Crippen LogP contribution in [-0.4, -0.2) is 40.1 Å². The summed E-state index contributed by atoms with van der Waals surface area (Å²) in [7, 11) is 0. The summed E-state index contributed by atoms with van der Waals surface area (Å²) in [6.45, 7) is 12.1. The molecule has 2 fully saturated rings. The van der Waals surface area contributed by atoms with Gasteiger partial charge in [0, 0.05) is 17.1 Å². The van der Waals surface area contributed by atoms with Crippen molar-refractivity contribution in [1.82, 2.24) is 0 Å². The molecule has 8 atom stereocenters. The molecule has 0 amide bonds. The van der Waals surface area contributed by atoms with Crippen LogP contribution in [0.3, 0.4) is 0 Å². The lowest BCUT2D eigenvalue weighted by atomic mass is 9.63. The summed E-state index contributed by atoms with van der Waals surface area (Å²) in [5.41, 5.74) is 2.23. The molecule has 3 aliphatic carbocycles. The smallest absolute Gasteiger partial charge is 0.331 e. The van der Waals surface area contributed by atoms with E-state index >= 15 is 0 Å². The summed E-state index contributed by atoms with van der Waals surface area (Å²) in [6.07, 6.45) is 10.1. The van der Waals surface area contributed by atoms with Gasteiger partial charge in [-0.05, 0) is 88.0 Å². The van der Waals surface area contributed by atoms with E-state index in [2.05, 4.69) is 26.8 Å². The lowest BCUT2D eigenvalue weighted by molar-refractivity contribution is -0.146. The van der Waals surface area contributed by atoms with Crippen LogP contribution in [0.1, 0.15) is 73.6 Å². The Hall–Kier alpha value is -1.92. The van der Waals surface area contributed by atoms with Gasteiger partial charge in [-0.15, -0.1) is 0 Å². The zero-order valence-electron chi connectivity index (χ0n) is 21.3. The van der Waals surface area contributed by atoms with Crippen LogP contribution < -0.4 is 0 Å². The number of hydrogen-bond acceptors (Lipinski definition) is 4. The lowest BCUT2D eigenvalue weighted by Gasteiger charge is -2.41. The van der Waals surface area contributed by atoms with Crippen molar-refractivity contribution in [3.8, 4) is 0 Å². The standard InChI is InChI=1S/C28H40O6/c1-15-7-8-19-20(26(31)32)9-10-22-18(11-12-28(22,6)14-21(15)19)17(3)24-23(13-16(2)25(29)30)33-27(4,5)34-24/h9,11,13,15,17,19,21-24H,7-8,10,12,14H2,1-6H3,(H,29,30)(H,31,32)/b16-13+,20-9+/t15-,17-,19-,21-,22-,23+,24-,28+/m1/s1. The second kappa shape index (κ2) is 8.94. The third-order valence-electron chi connectivity index (χ3n) is 9.08. The van der Waals surface area contributed by atoms with Crippen LogP contribution in [0.2, 0.25) is 0 Å². The molecule has 0 aromatic rings. The maximum atomic E-state index is 12.2. The number of carbonyl (C=O) groups is 2. The molecule has 6 heteroatoms. The SMILES string of the molecule is C/C(=C\[C@@H]1OC(C)(C)O[C@@H]1[C@H](C)C1=CC[C@@]2(C)C[C@@H]3[C@H](C)CC[C@@H]3/C(C(=O)O)=C\C[C@H]12)C(=O)O. The van der Waals surface area contributed by atoms with Gasteiger partial charge in [0.25, 0.3) is 0 Å². The Kier molecular flexibility index (Phi) is 6.62. The first-order chi connectivity index (χ1) is 15.8. The van der Waals surface area contributed by atoms with Crippen molar-refractivity contribution in [1.29, 1.82) is 0 Å². The highest BCUT2D eigenvalue weighted by atomic mass is 16.7. The number of ether oxygens (including phenoxy) is 2. The molecule has 1 saturated carbocycles. The molecule has 34 heavy (non-hydrogen) atoms. The van der Waals surface area contributed by atoms with Gasteiger partial charge in [-0.3, -0.25) is 0 Å². The molecule has 1 aliphatic heterocycles. The van der Waals surface area contributed by atoms with E-state index in [1.165, 1.54) is 5.57 Å².